The summed E-state index contributed by atoms with van der Waals surface area (Å²) in [5.41, 5.74) is 1.50. The molecule has 0 aliphatic heterocycles. The standard InChI is InChI=1S/C22H14F6N2S3/c23-21(24,25)15-5-1-13(2-6-15)19-29-17(11-32-19)9-31-10-18-12-33-20(30-18)14-3-7-16(8-4-14)22(26,27)28/h1-8,11-12H,9-10H2. The van der Waals surface area contributed by atoms with E-state index in [2.05, 4.69) is 9.97 Å². The van der Waals surface area contributed by atoms with Crippen molar-refractivity contribution in [3.05, 3.63) is 81.8 Å². The minimum absolute atomic E-state index is 0.601. The lowest BCUT2D eigenvalue weighted by molar-refractivity contribution is -0.138. The minimum Gasteiger partial charge on any atom is -0.240 e. The third kappa shape index (κ3) is 5.96. The zero-order valence-corrected chi connectivity index (χ0v) is 19.0. The summed E-state index contributed by atoms with van der Waals surface area (Å²) in [6, 6.07) is 9.83. The molecule has 2 aromatic heterocycles. The summed E-state index contributed by atoms with van der Waals surface area (Å²) in [4.78, 5) is 8.98. The molecule has 2 nitrogen and oxygen atoms in total. The lowest BCUT2D eigenvalue weighted by Gasteiger charge is -2.06. The van der Waals surface area contributed by atoms with Crippen LogP contribution in [0.15, 0.2) is 59.3 Å². The SMILES string of the molecule is FC(F)(F)c1ccc(-c2nc(CSCc3csc(-c4ccc(C(F)(F)F)cc4)n3)cs2)cc1. The molecular weight excluding hydrogens is 502 g/mol. The molecule has 0 atom stereocenters. The number of thiazole rings is 2. The Morgan fingerprint density at radius 1 is 0.606 bits per heavy atom. The van der Waals surface area contributed by atoms with Crippen molar-refractivity contribution in [2.24, 2.45) is 0 Å². The summed E-state index contributed by atoms with van der Waals surface area (Å²) >= 11 is 4.31. The number of thioether (sulfide) groups is 1. The molecule has 11 heteroatoms. The molecule has 4 rings (SSSR count). The number of aromatic nitrogens is 2. The first-order chi connectivity index (χ1) is 15.6. The van der Waals surface area contributed by atoms with Crippen LogP contribution in [-0.4, -0.2) is 9.97 Å². The largest absolute Gasteiger partial charge is 0.416 e. The molecule has 2 heterocycles. The van der Waals surface area contributed by atoms with Crippen LogP contribution >= 0.6 is 34.4 Å². The first-order valence-electron chi connectivity index (χ1n) is 9.41. The van der Waals surface area contributed by atoms with Crippen LogP contribution in [-0.2, 0) is 23.9 Å². The highest BCUT2D eigenvalue weighted by atomic mass is 32.2. The van der Waals surface area contributed by atoms with E-state index in [1.54, 1.807) is 11.8 Å². The molecule has 0 unspecified atom stereocenters. The van der Waals surface area contributed by atoms with Crippen molar-refractivity contribution in [2.45, 2.75) is 23.9 Å². The summed E-state index contributed by atoms with van der Waals surface area (Å²) < 4.78 is 76.2. The quantitative estimate of drug-likeness (QED) is 0.241. The van der Waals surface area contributed by atoms with E-state index in [9.17, 15) is 26.3 Å². The van der Waals surface area contributed by atoms with Gasteiger partial charge >= 0.3 is 12.4 Å². The topological polar surface area (TPSA) is 25.8 Å². The van der Waals surface area contributed by atoms with E-state index in [4.69, 9.17) is 0 Å². The second-order valence-corrected chi connectivity index (χ2v) is 9.63. The molecule has 0 N–H and O–H groups in total. The average molecular weight is 517 g/mol. The fraction of sp³-hybridized carbons (Fsp3) is 0.182. The number of benzene rings is 2. The normalized spacial score (nSPS) is 12.3. The van der Waals surface area contributed by atoms with Gasteiger partial charge in [-0.15, -0.1) is 34.4 Å². The number of hydrogen-bond donors (Lipinski definition) is 0. The van der Waals surface area contributed by atoms with Crippen LogP contribution in [0, 0.1) is 0 Å². The van der Waals surface area contributed by atoms with E-state index in [0.717, 1.165) is 35.7 Å². The molecule has 0 saturated carbocycles. The molecule has 0 fully saturated rings. The highest BCUT2D eigenvalue weighted by molar-refractivity contribution is 7.97. The van der Waals surface area contributed by atoms with Gasteiger partial charge in [-0.05, 0) is 24.3 Å². The first-order valence-corrected chi connectivity index (χ1v) is 12.3. The van der Waals surface area contributed by atoms with E-state index >= 15 is 0 Å². The van der Waals surface area contributed by atoms with Crippen molar-refractivity contribution in [2.75, 3.05) is 0 Å². The molecule has 0 spiro atoms. The Morgan fingerprint density at radius 2 is 0.970 bits per heavy atom. The number of rotatable bonds is 6. The number of nitrogens with zero attached hydrogens (tertiary/aromatic N) is 2. The van der Waals surface area contributed by atoms with Crippen molar-refractivity contribution < 1.29 is 26.3 Å². The number of hydrogen-bond acceptors (Lipinski definition) is 5. The third-order valence-corrected chi connectivity index (χ3v) is 7.40. The van der Waals surface area contributed by atoms with E-state index in [1.165, 1.54) is 46.9 Å². The van der Waals surface area contributed by atoms with Crippen LogP contribution in [0.3, 0.4) is 0 Å². The Balaban J connectivity index is 1.33. The fourth-order valence-corrected chi connectivity index (χ4v) is 5.55. The van der Waals surface area contributed by atoms with Crippen molar-refractivity contribution in [1.82, 2.24) is 9.97 Å². The Kier molecular flexibility index (Phi) is 6.83. The van der Waals surface area contributed by atoms with Gasteiger partial charge in [0, 0.05) is 33.4 Å². The van der Waals surface area contributed by atoms with Crippen LogP contribution in [0.5, 0.6) is 0 Å². The van der Waals surface area contributed by atoms with Gasteiger partial charge in [-0.25, -0.2) is 9.97 Å². The summed E-state index contributed by atoms with van der Waals surface area (Å²) in [6.45, 7) is 0. The summed E-state index contributed by atoms with van der Waals surface area (Å²) in [7, 11) is 0. The predicted molar refractivity (Wildman–Crippen MR) is 120 cm³/mol. The second-order valence-electron chi connectivity index (χ2n) is 6.93. The summed E-state index contributed by atoms with van der Waals surface area (Å²) in [5, 5.41) is 5.04. The molecule has 0 radical (unpaired) electrons. The fourth-order valence-electron chi connectivity index (χ4n) is 2.88. The van der Waals surface area contributed by atoms with E-state index in [0.29, 0.717) is 32.6 Å². The lowest BCUT2D eigenvalue weighted by atomic mass is 10.1. The Morgan fingerprint density at radius 3 is 1.30 bits per heavy atom. The maximum Gasteiger partial charge on any atom is 0.416 e. The van der Waals surface area contributed by atoms with Crippen molar-refractivity contribution in [3.8, 4) is 21.1 Å². The van der Waals surface area contributed by atoms with Crippen LogP contribution in [0.1, 0.15) is 22.5 Å². The highest BCUT2D eigenvalue weighted by Crippen LogP contribution is 2.34. The molecule has 0 saturated heterocycles. The maximum absolute atomic E-state index is 12.7. The molecular formula is C22H14F6N2S3. The molecule has 4 aromatic rings. The van der Waals surface area contributed by atoms with Crippen molar-refractivity contribution in [1.29, 1.82) is 0 Å². The van der Waals surface area contributed by atoms with Crippen LogP contribution < -0.4 is 0 Å². The van der Waals surface area contributed by atoms with E-state index in [-0.39, 0.29) is 0 Å². The van der Waals surface area contributed by atoms with E-state index < -0.39 is 23.5 Å². The van der Waals surface area contributed by atoms with Crippen molar-refractivity contribution >= 4 is 34.4 Å². The van der Waals surface area contributed by atoms with Gasteiger partial charge in [-0.2, -0.15) is 26.3 Å². The first kappa shape index (κ1) is 23.8. The summed E-state index contributed by atoms with van der Waals surface area (Å²) in [5.74, 6) is 1.20. The van der Waals surface area contributed by atoms with Gasteiger partial charge in [-0.3, -0.25) is 0 Å². The Hall–Kier alpha value is -2.37. The zero-order valence-electron chi connectivity index (χ0n) is 16.6. The molecule has 0 amide bonds. The van der Waals surface area contributed by atoms with Crippen LogP contribution in [0.25, 0.3) is 21.1 Å². The van der Waals surface area contributed by atoms with Gasteiger partial charge in [0.05, 0.1) is 22.5 Å². The predicted octanol–water partition coefficient (Wildman–Crippen LogP) is 8.40. The monoisotopic (exact) mass is 516 g/mol. The van der Waals surface area contributed by atoms with Crippen molar-refractivity contribution in [3.63, 3.8) is 0 Å². The van der Waals surface area contributed by atoms with E-state index in [1.807, 2.05) is 10.8 Å². The Labute approximate surface area is 197 Å². The Bertz CT molecular complexity index is 1110. The van der Waals surface area contributed by atoms with Gasteiger partial charge < -0.3 is 0 Å². The number of alkyl halides is 6. The zero-order chi connectivity index (χ0) is 23.6. The maximum atomic E-state index is 12.7. The summed E-state index contributed by atoms with van der Waals surface area (Å²) in [6.07, 6.45) is -8.74. The van der Waals surface area contributed by atoms with Crippen LogP contribution in [0.2, 0.25) is 0 Å². The highest BCUT2D eigenvalue weighted by Gasteiger charge is 2.30. The molecule has 0 bridgehead atoms. The van der Waals surface area contributed by atoms with Crippen LogP contribution in [0.4, 0.5) is 26.3 Å². The number of halogens is 6. The van der Waals surface area contributed by atoms with Gasteiger partial charge in [0.2, 0.25) is 0 Å². The molecule has 0 aliphatic rings. The molecule has 172 valence electrons. The molecule has 2 aromatic carbocycles. The average Bonchev–Trinajstić information content (AvgIpc) is 3.43. The van der Waals surface area contributed by atoms with Gasteiger partial charge in [0.15, 0.2) is 0 Å². The lowest BCUT2D eigenvalue weighted by Crippen LogP contribution is -2.03. The molecule has 0 aliphatic carbocycles. The van der Waals surface area contributed by atoms with Gasteiger partial charge in [-0.1, -0.05) is 24.3 Å². The molecule has 33 heavy (non-hydrogen) atoms. The smallest absolute Gasteiger partial charge is 0.240 e. The van der Waals surface area contributed by atoms with Gasteiger partial charge in [0.25, 0.3) is 0 Å². The second kappa shape index (κ2) is 9.47. The van der Waals surface area contributed by atoms with Gasteiger partial charge in [0.1, 0.15) is 10.0 Å². The third-order valence-electron chi connectivity index (χ3n) is 4.52. The minimum atomic E-state index is -4.37.